The lowest BCUT2D eigenvalue weighted by Crippen LogP contribution is -2.44. The van der Waals surface area contributed by atoms with Crippen molar-refractivity contribution in [2.45, 2.75) is 62.8 Å². The van der Waals surface area contributed by atoms with Crippen molar-refractivity contribution in [2.75, 3.05) is 13.2 Å². The third kappa shape index (κ3) is 4.41. The molecule has 1 aromatic heterocycles. The summed E-state index contributed by atoms with van der Waals surface area (Å²) in [6.45, 7) is 4.63. The van der Waals surface area contributed by atoms with E-state index in [2.05, 4.69) is 10.2 Å². The first kappa shape index (κ1) is 24.1. The van der Waals surface area contributed by atoms with Crippen molar-refractivity contribution in [3.8, 4) is 0 Å². The molecule has 9 heteroatoms. The second-order valence-corrected chi connectivity index (χ2v) is 11.6. The van der Waals surface area contributed by atoms with E-state index in [1.54, 1.807) is 13.0 Å². The Labute approximate surface area is 205 Å². The molecule has 0 saturated carbocycles. The lowest BCUT2D eigenvalue weighted by Gasteiger charge is -2.38. The summed E-state index contributed by atoms with van der Waals surface area (Å²) in [6, 6.07) is 14.1. The first-order valence-corrected chi connectivity index (χ1v) is 13.5. The van der Waals surface area contributed by atoms with E-state index in [1.165, 1.54) is 10.4 Å². The largest absolute Gasteiger partial charge is 0.425 e. The quantitative estimate of drug-likeness (QED) is 0.507. The van der Waals surface area contributed by atoms with Gasteiger partial charge in [-0.1, -0.05) is 42.5 Å². The Balaban J connectivity index is 1.45. The van der Waals surface area contributed by atoms with E-state index in [0.29, 0.717) is 49.8 Å². The maximum absolute atomic E-state index is 15.5. The van der Waals surface area contributed by atoms with E-state index >= 15 is 4.39 Å². The summed E-state index contributed by atoms with van der Waals surface area (Å²) < 4.78 is 55.4. The fraction of sp³-hybridized carbons (Fsp3) is 0.462. The van der Waals surface area contributed by atoms with Crippen LogP contribution in [0.4, 0.5) is 4.39 Å². The molecular weight excluding hydrogens is 469 g/mol. The van der Waals surface area contributed by atoms with Crippen LogP contribution in [-0.2, 0) is 26.7 Å². The van der Waals surface area contributed by atoms with E-state index in [1.807, 2.05) is 43.3 Å². The van der Waals surface area contributed by atoms with Gasteiger partial charge in [-0.3, -0.25) is 0 Å². The molecule has 2 aliphatic heterocycles. The van der Waals surface area contributed by atoms with Crippen molar-refractivity contribution in [1.29, 1.82) is 0 Å². The first-order chi connectivity index (χ1) is 16.8. The smallest absolute Gasteiger partial charge is 0.227 e. The van der Waals surface area contributed by atoms with E-state index in [0.717, 1.165) is 17.5 Å². The molecule has 3 aromatic rings. The van der Waals surface area contributed by atoms with Crippen LogP contribution in [0.15, 0.2) is 52.9 Å². The minimum atomic E-state index is -3.65. The second kappa shape index (κ2) is 9.44. The molecule has 3 heterocycles. The number of hydrogen-bond acceptors (Lipinski definition) is 6. The zero-order valence-electron chi connectivity index (χ0n) is 20.0. The van der Waals surface area contributed by atoms with Crippen LogP contribution in [-0.4, -0.2) is 42.2 Å². The molecule has 35 heavy (non-hydrogen) atoms. The van der Waals surface area contributed by atoms with Gasteiger partial charge in [-0.2, -0.15) is 4.31 Å². The van der Waals surface area contributed by atoms with Gasteiger partial charge in [-0.05, 0) is 49.8 Å². The highest BCUT2D eigenvalue weighted by molar-refractivity contribution is 7.89. The maximum Gasteiger partial charge on any atom is 0.227 e. The average molecular weight is 500 g/mol. The molecule has 2 saturated heterocycles. The van der Waals surface area contributed by atoms with Crippen molar-refractivity contribution >= 4 is 10.0 Å². The Bertz CT molecular complexity index is 1290. The van der Waals surface area contributed by atoms with Crippen molar-refractivity contribution < 1.29 is 22.0 Å². The molecule has 0 aliphatic carbocycles. The van der Waals surface area contributed by atoms with E-state index < -0.39 is 26.5 Å². The third-order valence-corrected chi connectivity index (χ3v) is 9.78. The van der Waals surface area contributed by atoms with Gasteiger partial charge in [0.15, 0.2) is 0 Å². The van der Waals surface area contributed by atoms with Gasteiger partial charge in [-0.25, -0.2) is 12.8 Å². The molecule has 2 aliphatic rings. The maximum atomic E-state index is 15.5. The normalized spacial score (nSPS) is 24.3. The highest BCUT2D eigenvalue weighted by atomic mass is 32.2. The van der Waals surface area contributed by atoms with Gasteiger partial charge in [0, 0.05) is 38.3 Å². The Hall–Kier alpha value is -2.62. The van der Waals surface area contributed by atoms with Gasteiger partial charge in [0.05, 0.1) is 5.41 Å². The van der Waals surface area contributed by atoms with E-state index in [4.69, 9.17) is 9.15 Å². The van der Waals surface area contributed by atoms with Gasteiger partial charge in [0.1, 0.15) is 11.1 Å². The number of rotatable bonds is 5. The number of hydrogen-bond donors (Lipinski definition) is 0. The summed E-state index contributed by atoms with van der Waals surface area (Å²) in [4.78, 5) is 0. The number of benzene rings is 2. The number of ether oxygens (including phenoxy) is 1. The molecular formula is C26H30FN3O4S. The van der Waals surface area contributed by atoms with Crippen molar-refractivity contribution in [1.82, 2.24) is 14.5 Å². The predicted octanol–water partition coefficient (Wildman–Crippen LogP) is 4.67. The first-order valence-electron chi connectivity index (χ1n) is 12.0. The summed E-state index contributed by atoms with van der Waals surface area (Å²) in [6.07, 6.45) is 2.48. The van der Waals surface area contributed by atoms with Crippen molar-refractivity contribution in [3.63, 3.8) is 0 Å². The van der Waals surface area contributed by atoms with Gasteiger partial charge < -0.3 is 9.15 Å². The number of sulfonamides is 1. The monoisotopic (exact) mass is 499 g/mol. The minimum absolute atomic E-state index is 0.00523. The number of aryl methyl sites for hydroxylation is 1. The summed E-state index contributed by atoms with van der Waals surface area (Å²) in [7, 11) is -3.65. The van der Waals surface area contributed by atoms with Crippen LogP contribution in [0.5, 0.6) is 0 Å². The molecule has 0 spiro atoms. The third-order valence-electron chi connectivity index (χ3n) is 7.41. The highest BCUT2D eigenvalue weighted by Crippen LogP contribution is 2.42. The van der Waals surface area contributed by atoms with Gasteiger partial charge in [0.2, 0.25) is 21.8 Å². The molecule has 2 atom stereocenters. The Morgan fingerprint density at radius 3 is 2.49 bits per heavy atom. The lowest BCUT2D eigenvalue weighted by molar-refractivity contribution is 0.0540. The SMILES string of the molecule is Cc1nnc(C2(c3ccc(CN4[C@@H](C)CC[C@H](c5ccccc5)S4(=O)=O)c(F)c3)CCOCC2)o1. The minimum Gasteiger partial charge on any atom is -0.425 e. The van der Waals surface area contributed by atoms with E-state index in [-0.39, 0.29) is 12.6 Å². The van der Waals surface area contributed by atoms with Gasteiger partial charge in [0.25, 0.3) is 0 Å². The molecule has 2 fully saturated rings. The highest BCUT2D eigenvalue weighted by Gasteiger charge is 2.43. The van der Waals surface area contributed by atoms with Crippen LogP contribution < -0.4 is 0 Å². The summed E-state index contributed by atoms with van der Waals surface area (Å²) in [5.74, 6) is 0.484. The standard InChI is InChI=1S/C26H30FN3O4S/c1-18-8-11-24(20-6-4-3-5-7-20)35(31,32)30(18)17-21-9-10-22(16-23(21)27)26(12-14-33-15-13-26)25-29-28-19(2)34-25/h3-7,9-10,16,18,24H,8,11-15,17H2,1-2H3/t18-,24+/m0/s1. The number of halogens is 1. The molecule has 5 rings (SSSR count). The lowest BCUT2D eigenvalue weighted by atomic mass is 9.74. The summed E-state index contributed by atoms with van der Waals surface area (Å²) in [5.41, 5.74) is 1.24. The Morgan fingerprint density at radius 2 is 1.83 bits per heavy atom. The molecule has 0 amide bonds. The summed E-state index contributed by atoms with van der Waals surface area (Å²) in [5, 5.41) is 7.61. The predicted molar refractivity (Wildman–Crippen MR) is 129 cm³/mol. The van der Waals surface area contributed by atoms with Crippen LogP contribution in [0.1, 0.15) is 66.3 Å². The zero-order chi connectivity index (χ0) is 24.6. The topological polar surface area (TPSA) is 85.5 Å². The molecule has 7 nitrogen and oxygen atoms in total. The molecule has 2 aromatic carbocycles. The van der Waals surface area contributed by atoms with Gasteiger partial charge in [-0.15, -0.1) is 10.2 Å². The summed E-state index contributed by atoms with van der Waals surface area (Å²) >= 11 is 0. The molecule has 0 radical (unpaired) electrons. The van der Waals surface area contributed by atoms with Crippen LogP contribution in [0.25, 0.3) is 0 Å². The van der Waals surface area contributed by atoms with Gasteiger partial charge >= 0.3 is 0 Å². The van der Waals surface area contributed by atoms with Crippen molar-refractivity contribution in [2.24, 2.45) is 0 Å². The van der Waals surface area contributed by atoms with Crippen LogP contribution in [0.3, 0.4) is 0 Å². The average Bonchev–Trinajstić information content (AvgIpc) is 3.30. The van der Waals surface area contributed by atoms with Crippen LogP contribution in [0.2, 0.25) is 0 Å². The fourth-order valence-corrected chi connectivity index (χ4v) is 7.52. The Kier molecular flexibility index (Phi) is 6.50. The molecule has 0 N–H and O–H groups in total. The van der Waals surface area contributed by atoms with Crippen LogP contribution in [0, 0.1) is 12.7 Å². The van der Waals surface area contributed by atoms with E-state index in [9.17, 15) is 8.42 Å². The molecule has 0 unspecified atom stereocenters. The van der Waals surface area contributed by atoms with Crippen molar-refractivity contribution in [3.05, 3.63) is 82.8 Å². The van der Waals surface area contributed by atoms with Crippen LogP contribution >= 0.6 is 0 Å². The molecule has 186 valence electrons. The number of aromatic nitrogens is 2. The number of nitrogens with zero attached hydrogens (tertiary/aromatic N) is 3. The second-order valence-electron chi connectivity index (χ2n) is 9.54. The molecule has 0 bridgehead atoms. The zero-order valence-corrected chi connectivity index (χ0v) is 20.8. The fourth-order valence-electron chi connectivity index (χ4n) is 5.33. The Morgan fingerprint density at radius 1 is 1.09 bits per heavy atom.